The van der Waals surface area contributed by atoms with E-state index in [1.165, 1.54) is 10.5 Å². The van der Waals surface area contributed by atoms with Crippen molar-refractivity contribution >= 4 is 29.3 Å². The summed E-state index contributed by atoms with van der Waals surface area (Å²) in [5.41, 5.74) is 4.78. The molecule has 0 atom stereocenters. The highest BCUT2D eigenvalue weighted by Gasteiger charge is 2.14. The molecule has 0 bridgehead atoms. The molecule has 0 aliphatic carbocycles. The average molecular weight is 541 g/mol. The molecule has 4 rings (SSSR count). The summed E-state index contributed by atoms with van der Waals surface area (Å²) in [7, 11) is 3.19. The number of benzene rings is 4. The number of rotatable bonds is 11. The highest BCUT2D eigenvalue weighted by Crippen LogP contribution is 2.28. The lowest BCUT2D eigenvalue weighted by molar-refractivity contribution is 0.0955. The summed E-state index contributed by atoms with van der Waals surface area (Å²) in [6, 6.07) is 28.7. The van der Waals surface area contributed by atoms with Gasteiger partial charge in [-0.05, 0) is 73.0 Å². The Morgan fingerprint density at radius 1 is 0.769 bits per heavy atom. The minimum atomic E-state index is -0.265. The number of hydrogen-bond acceptors (Lipinski definition) is 5. The molecule has 0 radical (unpaired) electrons. The Bertz CT molecular complexity index is 1420. The van der Waals surface area contributed by atoms with Crippen LogP contribution in [0, 0.1) is 6.92 Å². The van der Waals surface area contributed by atoms with Crippen LogP contribution in [0.25, 0.3) is 0 Å². The van der Waals surface area contributed by atoms with Gasteiger partial charge in [-0.25, -0.2) is 0 Å². The van der Waals surface area contributed by atoms with Gasteiger partial charge in [0.15, 0.2) is 11.5 Å². The predicted octanol–water partition coefficient (Wildman–Crippen LogP) is 6.53. The van der Waals surface area contributed by atoms with Gasteiger partial charge in [-0.1, -0.05) is 48.0 Å². The lowest BCUT2D eigenvalue weighted by atomic mass is 10.1. The van der Waals surface area contributed by atoms with Gasteiger partial charge in [0, 0.05) is 22.8 Å². The van der Waals surface area contributed by atoms with Crippen molar-refractivity contribution in [1.29, 1.82) is 0 Å². The van der Waals surface area contributed by atoms with Gasteiger partial charge in [0.25, 0.3) is 11.8 Å². The maximum atomic E-state index is 13.0. The van der Waals surface area contributed by atoms with Crippen molar-refractivity contribution in [2.45, 2.75) is 24.0 Å². The molecule has 2 N–H and O–H groups in total. The van der Waals surface area contributed by atoms with Gasteiger partial charge in [0.05, 0.1) is 25.5 Å². The van der Waals surface area contributed by atoms with Gasteiger partial charge in [0.2, 0.25) is 0 Å². The number of methoxy groups -OCH3 is 2. The lowest BCUT2D eigenvalue weighted by Crippen LogP contribution is -2.27. The van der Waals surface area contributed by atoms with Gasteiger partial charge < -0.3 is 20.1 Å². The van der Waals surface area contributed by atoms with E-state index in [-0.39, 0.29) is 11.8 Å². The van der Waals surface area contributed by atoms with Crippen LogP contribution in [0.3, 0.4) is 0 Å². The van der Waals surface area contributed by atoms with E-state index in [2.05, 4.69) is 41.8 Å². The fourth-order valence-corrected chi connectivity index (χ4v) is 4.84. The standard InChI is InChI=1S/C32H32N2O4S/c1-22-8-15-26(16-9-22)39-21-24-10-13-25(14-11-24)31(35)34-28-7-5-4-6-27(28)32(36)33-19-18-23-12-17-29(37-2)30(20-23)38-3/h4-17,20H,18-19,21H2,1-3H3,(H,33,36)(H,34,35). The summed E-state index contributed by atoms with van der Waals surface area (Å²) in [4.78, 5) is 27.1. The molecule has 6 nitrogen and oxygen atoms in total. The molecule has 39 heavy (non-hydrogen) atoms. The number of para-hydroxylation sites is 1. The molecule has 0 heterocycles. The third-order valence-electron chi connectivity index (χ3n) is 6.21. The first-order chi connectivity index (χ1) is 19.0. The summed E-state index contributed by atoms with van der Waals surface area (Å²) < 4.78 is 10.6. The summed E-state index contributed by atoms with van der Waals surface area (Å²) in [6.07, 6.45) is 0.620. The molecular weight excluding hydrogens is 508 g/mol. The molecule has 0 fully saturated rings. The number of carbonyl (C=O) groups excluding carboxylic acids is 2. The molecular formula is C32H32N2O4S. The Morgan fingerprint density at radius 3 is 2.18 bits per heavy atom. The zero-order valence-corrected chi connectivity index (χ0v) is 23.1. The molecule has 2 amide bonds. The van der Waals surface area contributed by atoms with Crippen molar-refractivity contribution in [1.82, 2.24) is 5.32 Å². The van der Waals surface area contributed by atoms with Gasteiger partial charge >= 0.3 is 0 Å². The number of anilines is 1. The molecule has 4 aromatic carbocycles. The molecule has 0 aromatic heterocycles. The van der Waals surface area contributed by atoms with Crippen LogP contribution in [0.4, 0.5) is 5.69 Å². The normalized spacial score (nSPS) is 10.5. The van der Waals surface area contributed by atoms with Gasteiger partial charge in [0.1, 0.15) is 0 Å². The van der Waals surface area contributed by atoms with E-state index in [1.807, 2.05) is 42.5 Å². The third kappa shape index (κ3) is 7.65. The smallest absolute Gasteiger partial charge is 0.255 e. The first-order valence-corrected chi connectivity index (χ1v) is 13.6. The number of ether oxygens (including phenoxy) is 2. The molecule has 0 saturated heterocycles. The summed E-state index contributed by atoms with van der Waals surface area (Å²) >= 11 is 1.76. The van der Waals surface area contributed by atoms with Gasteiger partial charge in [-0.2, -0.15) is 0 Å². The maximum absolute atomic E-state index is 13.0. The first-order valence-electron chi connectivity index (χ1n) is 12.6. The molecule has 0 aliphatic heterocycles. The second-order valence-electron chi connectivity index (χ2n) is 8.99. The molecule has 200 valence electrons. The summed E-state index contributed by atoms with van der Waals surface area (Å²) in [5.74, 6) is 1.60. The maximum Gasteiger partial charge on any atom is 0.255 e. The number of thioether (sulfide) groups is 1. The fraction of sp³-hybridized carbons (Fsp3) is 0.188. The predicted molar refractivity (Wildman–Crippen MR) is 157 cm³/mol. The van der Waals surface area contributed by atoms with E-state index in [9.17, 15) is 9.59 Å². The average Bonchev–Trinajstić information content (AvgIpc) is 2.97. The van der Waals surface area contributed by atoms with Crippen LogP contribution in [0.5, 0.6) is 11.5 Å². The Balaban J connectivity index is 1.33. The molecule has 0 spiro atoms. The number of amides is 2. The molecule has 0 saturated carbocycles. The van der Waals surface area contributed by atoms with Crippen LogP contribution in [-0.2, 0) is 12.2 Å². The molecule has 0 aliphatic rings. The van der Waals surface area contributed by atoms with Gasteiger partial charge in [-0.15, -0.1) is 11.8 Å². The third-order valence-corrected chi connectivity index (χ3v) is 7.29. The Labute approximate surface area is 233 Å². The van der Waals surface area contributed by atoms with Crippen LogP contribution in [0.2, 0.25) is 0 Å². The summed E-state index contributed by atoms with van der Waals surface area (Å²) in [6.45, 7) is 2.50. The van der Waals surface area contributed by atoms with Crippen LogP contribution in [-0.4, -0.2) is 32.6 Å². The second kappa shape index (κ2) is 13.5. The minimum absolute atomic E-state index is 0.255. The van der Waals surface area contributed by atoms with E-state index in [0.717, 1.165) is 16.9 Å². The quantitative estimate of drug-likeness (QED) is 0.212. The largest absolute Gasteiger partial charge is 0.493 e. The van der Waals surface area contributed by atoms with Crippen LogP contribution < -0.4 is 20.1 Å². The van der Waals surface area contributed by atoms with E-state index in [4.69, 9.17) is 9.47 Å². The zero-order chi connectivity index (χ0) is 27.6. The number of aryl methyl sites for hydroxylation is 1. The monoisotopic (exact) mass is 540 g/mol. The summed E-state index contributed by atoms with van der Waals surface area (Å²) in [5, 5.41) is 5.83. The van der Waals surface area contributed by atoms with E-state index < -0.39 is 0 Å². The minimum Gasteiger partial charge on any atom is -0.493 e. The van der Waals surface area contributed by atoms with Crippen LogP contribution in [0.15, 0.2) is 95.9 Å². The van der Waals surface area contributed by atoms with Crippen LogP contribution in [0.1, 0.15) is 37.4 Å². The second-order valence-corrected chi connectivity index (χ2v) is 10.0. The molecule has 0 unspecified atom stereocenters. The van der Waals surface area contributed by atoms with Crippen molar-refractivity contribution in [2.75, 3.05) is 26.1 Å². The SMILES string of the molecule is COc1ccc(CCNC(=O)c2ccccc2NC(=O)c2ccc(CSc3ccc(C)cc3)cc2)cc1OC. The van der Waals surface area contributed by atoms with Crippen molar-refractivity contribution in [2.24, 2.45) is 0 Å². The van der Waals surface area contributed by atoms with Crippen molar-refractivity contribution in [3.63, 3.8) is 0 Å². The Kier molecular flexibility index (Phi) is 9.64. The highest BCUT2D eigenvalue weighted by molar-refractivity contribution is 7.98. The zero-order valence-electron chi connectivity index (χ0n) is 22.3. The fourth-order valence-electron chi connectivity index (χ4n) is 3.99. The number of carbonyl (C=O) groups is 2. The topological polar surface area (TPSA) is 76.7 Å². The van der Waals surface area contributed by atoms with Crippen LogP contribution >= 0.6 is 11.8 Å². The molecule has 4 aromatic rings. The van der Waals surface area contributed by atoms with Crippen molar-refractivity contribution < 1.29 is 19.1 Å². The van der Waals surface area contributed by atoms with Crippen molar-refractivity contribution in [3.05, 3.63) is 119 Å². The van der Waals surface area contributed by atoms with E-state index in [1.54, 1.807) is 50.2 Å². The van der Waals surface area contributed by atoms with Crippen molar-refractivity contribution in [3.8, 4) is 11.5 Å². The number of nitrogens with one attached hydrogen (secondary N) is 2. The molecule has 7 heteroatoms. The van der Waals surface area contributed by atoms with E-state index >= 15 is 0 Å². The highest BCUT2D eigenvalue weighted by atomic mass is 32.2. The Hall–Kier alpha value is -4.23. The first kappa shape index (κ1) is 27.8. The Morgan fingerprint density at radius 2 is 1.46 bits per heavy atom. The lowest BCUT2D eigenvalue weighted by Gasteiger charge is -2.13. The number of hydrogen-bond donors (Lipinski definition) is 2. The van der Waals surface area contributed by atoms with E-state index in [0.29, 0.717) is 41.3 Å². The van der Waals surface area contributed by atoms with Gasteiger partial charge in [-0.3, -0.25) is 9.59 Å².